The fraction of sp³-hybridized carbons (Fsp3) is 0.316. The Hall–Kier alpha value is -1.65. The summed E-state index contributed by atoms with van der Waals surface area (Å²) in [6.45, 7) is 2.80. The third-order valence-corrected chi connectivity index (χ3v) is 4.95. The molecule has 120 valence electrons. The van der Waals surface area contributed by atoms with Crippen LogP contribution in [0.15, 0.2) is 59.1 Å². The van der Waals surface area contributed by atoms with E-state index >= 15 is 0 Å². The van der Waals surface area contributed by atoms with Gasteiger partial charge in [-0.2, -0.15) is 0 Å². The van der Waals surface area contributed by atoms with Crippen LogP contribution in [0.5, 0.6) is 0 Å². The van der Waals surface area contributed by atoms with Crippen molar-refractivity contribution < 1.29 is 4.79 Å². The van der Waals surface area contributed by atoms with E-state index in [2.05, 4.69) is 50.4 Å². The molecule has 1 saturated heterocycles. The van der Waals surface area contributed by atoms with Crippen molar-refractivity contribution in [3.8, 4) is 0 Å². The van der Waals surface area contributed by atoms with E-state index in [1.807, 2.05) is 30.3 Å². The molecule has 1 fully saturated rings. The number of likely N-dealkylation sites (tertiary alicyclic amines) is 1. The summed E-state index contributed by atoms with van der Waals surface area (Å²) < 4.78 is 0.922. The molecular formula is C19H21BrN2O. The third-order valence-electron chi connectivity index (χ3n) is 4.26. The Morgan fingerprint density at radius 3 is 2.65 bits per heavy atom. The molecule has 0 spiro atoms. The third kappa shape index (κ3) is 4.43. The number of anilines is 1. The van der Waals surface area contributed by atoms with Crippen molar-refractivity contribution in [3.05, 3.63) is 64.6 Å². The summed E-state index contributed by atoms with van der Waals surface area (Å²) in [6, 6.07) is 18.2. The molecule has 1 aliphatic rings. The Bertz CT molecular complexity index is 659. The summed E-state index contributed by atoms with van der Waals surface area (Å²) in [6.07, 6.45) is 2.03. The number of nitrogens with zero attached hydrogens (tertiary/aromatic N) is 1. The summed E-state index contributed by atoms with van der Waals surface area (Å²) in [4.78, 5) is 14.9. The van der Waals surface area contributed by atoms with Crippen LogP contribution < -0.4 is 5.32 Å². The average molecular weight is 373 g/mol. The van der Waals surface area contributed by atoms with Gasteiger partial charge in [-0.05, 0) is 53.0 Å². The fourth-order valence-electron chi connectivity index (χ4n) is 3.05. The zero-order valence-corrected chi connectivity index (χ0v) is 14.6. The summed E-state index contributed by atoms with van der Waals surface area (Å²) in [5.74, 6) is 0.175. The second kappa shape index (κ2) is 7.75. The first-order chi connectivity index (χ1) is 11.2. The number of para-hydroxylation sites is 1. The number of carbonyl (C=O) groups excluding carboxylic acids is 1. The quantitative estimate of drug-likeness (QED) is 0.867. The van der Waals surface area contributed by atoms with Gasteiger partial charge in [0.25, 0.3) is 0 Å². The highest BCUT2D eigenvalue weighted by molar-refractivity contribution is 9.10. The predicted octanol–water partition coefficient (Wildman–Crippen LogP) is 4.30. The van der Waals surface area contributed by atoms with Gasteiger partial charge in [-0.25, -0.2) is 0 Å². The minimum absolute atomic E-state index is 0.0552. The normalized spacial score (nSPS) is 18.6. The second-order valence-electron chi connectivity index (χ2n) is 6.03. The summed E-state index contributed by atoms with van der Waals surface area (Å²) in [5.41, 5.74) is 2.15. The molecule has 3 rings (SSSR count). The molecule has 0 radical (unpaired) electrons. The van der Waals surface area contributed by atoms with Gasteiger partial charge in [-0.3, -0.25) is 9.69 Å². The van der Waals surface area contributed by atoms with Crippen LogP contribution in [0.1, 0.15) is 18.4 Å². The first-order valence-corrected chi connectivity index (χ1v) is 8.83. The molecule has 1 aliphatic heterocycles. The number of halogens is 1. The Morgan fingerprint density at radius 2 is 1.87 bits per heavy atom. The average Bonchev–Trinajstić information content (AvgIpc) is 2.58. The van der Waals surface area contributed by atoms with Crippen LogP contribution in [-0.2, 0) is 11.3 Å². The molecule has 0 bridgehead atoms. The monoisotopic (exact) mass is 372 g/mol. The van der Waals surface area contributed by atoms with Gasteiger partial charge in [0.2, 0.25) is 5.91 Å². The first kappa shape index (κ1) is 16.2. The standard InChI is InChI=1S/C19H21BrN2O/c20-17-10-4-5-11-18(17)21-19(23)16-9-6-12-22(14-16)13-15-7-2-1-3-8-15/h1-5,7-8,10-11,16H,6,9,12-14H2,(H,21,23). The van der Waals surface area contributed by atoms with E-state index < -0.39 is 0 Å². The summed E-state index contributed by atoms with van der Waals surface area (Å²) >= 11 is 3.48. The zero-order valence-electron chi connectivity index (χ0n) is 13.0. The van der Waals surface area contributed by atoms with Crippen molar-refractivity contribution in [1.29, 1.82) is 0 Å². The van der Waals surface area contributed by atoms with Crippen LogP contribution in [0.25, 0.3) is 0 Å². The maximum Gasteiger partial charge on any atom is 0.228 e. The minimum atomic E-state index is 0.0552. The fourth-order valence-corrected chi connectivity index (χ4v) is 3.44. The lowest BCUT2D eigenvalue weighted by Gasteiger charge is -2.32. The second-order valence-corrected chi connectivity index (χ2v) is 6.88. The van der Waals surface area contributed by atoms with E-state index in [-0.39, 0.29) is 11.8 Å². The lowest BCUT2D eigenvalue weighted by Crippen LogP contribution is -2.40. The summed E-state index contributed by atoms with van der Waals surface area (Å²) in [7, 11) is 0. The van der Waals surface area contributed by atoms with Crippen molar-refractivity contribution in [2.45, 2.75) is 19.4 Å². The van der Waals surface area contributed by atoms with Gasteiger partial charge in [-0.15, -0.1) is 0 Å². The van der Waals surface area contributed by atoms with Crippen molar-refractivity contribution in [3.63, 3.8) is 0 Å². The van der Waals surface area contributed by atoms with Gasteiger partial charge >= 0.3 is 0 Å². The molecule has 0 aliphatic carbocycles. The lowest BCUT2D eigenvalue weighted by molar-refractivity contribution is -0.121. The number of hydrogen-bond acceptors (Lipinski definition) is 2. The predicted molar refractivity (Wildman–Crippen MR) is 97.2 cm³/mol. The topological polar surface area (TPSA) is 32.3 Å². The molecule has 1 N–H and O–H groups in total. The van der Waals surface area contributed by atoms with Crippen molar-refractivity contribution in [2.75, 3.05) is 18.4 Å². The molecule has 1 unspecified atom stereocenters. The van der Waals surface area contributed by atoms with Crippen LogP contribution in [0.3, 0.4) is 0 Å². The van der Waals surface area contributed by atoms with Crippen molar-refractivity contribution >= 4 is 27.5 Å². The molecule has 4 heteroatoms. The number of nitrogens with one attached hydrogen (secondary N) is 1. The number of piperidine rings is 1. The molecule has 0 aromatic heterocycles. The van der Waals surface area contributed by atoms with Crippen LogP contribution in [0, 0.1) is 5.92 Å². The molecule has 3 nitrogen and oxygen atoms in total. The van der Waals surface area contributed by atoms with Gasteiger partial charge in [0.15, 0.2) is 0 Å². The van der Waals surface area contributed by atoms with Crippen LogP contribution in [0.4, 0.5) is 5.69 Å². The van der Waals surface area contributed by atoms with Crippen LogP contribution >= 0.6 is 15.9 Å². The van der Waals surface area contributed by atoms with Gasteiger partial charge in [0.1, 0.15) is 0 Å². The van der Waals surface area contributed by atoms with Crippen LogP contribution in [-0.4, -0.2) is 23.9 Å². The van der Waals surface area contributed by atoms with Gasteiger partial charge in [-0.1, -0.05) is 42.5 Å². The highest BCUT2D eigenvalue weighted by Gasteiger charge is 2.26. The SMILES string of the molecule is O=C(Nc1ccccc1Br)C1CCCN(Cc2ccccc2)C1. The minimum Gasteiger partial charge on any atom is -0.325 e. The van der Waals surface area contributed by atoms with Crippen molar-refractivity contribution in [1.82, 2.24) is 4.90 Å². The van der Waals surface area contributed by atoms with Gasteiger partial charge in [0, 0.05) is 17.6 Å². The van der Waals surface area contributed by atoms with E-state index in [4.69, 9.17) is 0 Å². The maximum absolute atomic E-state index is 12.6. The van der Waals surface area contributed by atoms with Gasteiger partial charge < -0.3 is 5.32 Å². The smallest absolute Gasteiger partial charge is 0.228 e. The van der Waals surface area contributed by atoms with E-state index in [9.17, 15) is 4.79 Å². The number of carbonyl (C=O) groups is 1. The number of rotatable bonds is 4. The lowest BCUT2D eigenvalue weighted by atomic mass is 9.96. The molecule has 1 amide bonds. The highest BCUT2D eigenvalue weighted by atomic mass is 79.9. The van der Waals surface area contributed by atoms with E-state index in [1.165, 1.54) is 5.56 Å². The number of amides is 1. The molecule has 2 aromatic rings. The van der Waals surface area contributed by atoms with E-state index in [0.717, 1.165) is 42.6 Å². The molecule has 2 aromatic carbocycles. The summed E-state index contributed by atoms with van der Waals surface area (Å²) in [5, 5.41) is 3.05. The highest BCUT2D eigenvalue weighted by Crippen LogP contribution is 2.24. The van der Waals surface area contributed by atoms with E-state index in [0.29, 0.717) is 0 Å². The number of benzene rings is 2. The molecule has 1 atom stereocenters. The molecule has 1 heterocycles. The zero-order chi connectivity index (χ0) is 16.1. The van der Waals surface area contributed by atoms with Crippen molar-refractivity contribution in [2.24, 2.45) is 5.92 Å². The number of hydrogen-bond donors (Lipinski definition) is 1. The molecule has 23 heavy (non-hydrogen) atoms. The Kier molecular flexibility index (Phi) is 5.47. The Morgan fingerprint density at radius 1 is 1.13 bits per heavy atom. The van der Waals surface area contributed by atoms with E-state index in [1.54, 1.807) is 0 Å². The molecular weight excluding hydrogens is 352 g/mol. The van der Waals surface area contributed by atoms with Gasteiger partial charge in [0.05, 0.1) is 11.6 Å². The largest absolute Gasteiger partial charge is 0.325 e. The Balaban J connectivity index is 1.59. The van der Waals surface area contributed by atoms with Crippen LogP contribution in [0.2, 0.25) is 0 Å². The first-order valence-electron chi connectivity index (χ1n) is 8.04. The Labute approximate surface area is 145 Å². The maximum atomic E-state index is 12.6. The molecule has 0 saturated carbocycles.